The number of fused-ring (bicyclic) bond motifs is 1. The minimum Gasteiger partial charge on any atom is -0.490 e. The van der Waals surface area contributed by atoms with Crippen molar-refractivity contribution < 1.29 is 19.0 Å². The average Bonchev–Trinajstić information content (AvgIpc) is 2.90. The summed E-state index contributed by atoms with van der Waals surface area (Å²) in [7, 11) is 0. The molecular weight excluding hydrogens is 464 g/mol. The summed E-state index contributed by atoms with van der Waals surface area (Å²) in [6.07, 6.45) is 0.855. The second-order valence-electron chi connectivity index (χ2n) is 7.39. The van der Waals surface area contributed by atoms with Crippen LogP contribution in [0.25, 0.3) is 11.1 Å². The van der Waals surface area contributed by atoms with E-state index in [4.69, 9.17) is 19.9 Å². The smallest absolute Gasteiger partial charge is 0.191 e. The number of aromatic nitrogens is 1. The van der Waals surface area contributed by atoms with Crippen molar-refractivity contribution in [2.75, 3.05) is 24.7 Å². The molecule has 3 aromatic rings. The zero-order chi connectivity index (χ0) is 24.8. The number of ketones is 1. The summed E-state index contributed by atoms with van der Waals surface area (Å²) in [5.74, 6) is 1.45. The first-order chi connectivity index (χ1) is 17.0. The number of para-hydroxylation sites is 2. The number of nitrogen functional groups attached to an aromatic ring is 1. The third kappa shape index (κ3) is 5.06. The van der Waals surface area contributed by atoms with Crippen molar-refractivity contribution in [1.29, 1.82) is 10.5 Å². The Morgan fingerprint density at radius 3 is 2.57 bits per heavy atom. The minimum absolute atomic E-state index is 0.0169. The van der Waals surface area contributed by atoms with Gasteiger partial charge in [-0.25, -0.2) is 4.98 Å². The number of thioether (sulfide) groups is 1. The van der Waals surface area contributed by atoms with Crippen LogP contribution >= 0.6 is 11.8 Å². The molecule has 1 atom stereocenters. The predicted molar refractivity (Wildman–Crippen MR) is 131 cm³/mol. The van der Waals surface area contributed by atoms with Gasteiger partial charge in [0.25, 0.3) is 0 Å². The Hall–Kier alpha value is -4.47. The van der Waals surface area contributed by atoms with E-state index >= 15 is 0 Å². The number of nitrogens with zero attached hydrogens (tertiary/aromatic N) is 3. The standard InChI is InChI=1S/C26H20N4O4S/c1-2-11-32-17-9-7-16(8-10-17)24-18(12-27)25(29)30-26(19(24)13-28)35-15-20(31)23-14-33-21-5-3-4-6-22(21)34-23/h2-10,23H,1,11,14-15H2,(H2,29,30). The van der Waals surface area contributed by atoms with Crippen molar-refractivity contribution in [2.24, 2.45) is 0 Å². The lowest BCUT2D eigenvalue weighted by Gasteiger charge is -2.25. The number of ether oxygens (including phenoxy) is 3. The molecule has 1 aliphatic heterocycles. The molecule has 0 fully saturated rings. The van der Waals surface area contributed by atoms with E-state index in [1.165, 1.54) is 0 Å². The summed E-state index contributed by atoms with van der Waals surface area (Å²) in [6, 6.07) is 18.2. The molecule has 174 valence electrons. The number of benzene rings is 2. The van der Waals surface area contributed by atoms with E-state index in [0.29, 0.717) is 35.0 Å². The lowest BCUT2D eigenvalue weighted by atomic mass is 9.97. The fraction of sp³-hybridized carbons (Fsp3) is 0.154. The number of Topliss-reactive ketones (excluding diaryl/α,β-unsaturated/α-hetero) is 1. The Balaban J connectivity index is 1.59. The Bertz CT molecular complexity index is 1360. The highest BCUT2D eigenvalue weighted by Crippen LogP contribution is 2.37. The van der Waals surface area contributed by atoms with Crippen molar-refractivity contribution in [3.8, 4) is 40.5 Å². The molecule has 1 aromatic heterocycles. The zero-order valence-corrected chi connectivity index (χ0v) is 19.4. The summed E-state index contributed by atoms with van der Waals surface area (Å²) in [4.78, 5) is 17.1. The topological polar surface area (TPSA) is 131 Å². The van der Waals surface area contributed by atoms with Crippen LogP contribution < -0.4 is 19.9 Å². The molecule has 0 saturated carbocycles. The van der Waals surface area contributed by atoms with Crippen molar-refractivity contribution in [1.82, 2.24) is 4.98 Å². The van der Waals surface area contributed by atoms with Gasteiger partial charge in [-0.1, -0.05) is 48.7 Å². The van der Waals surface area contributed by atoms with Crippen LogP contribution in [-0.2, 0) is 4.79 Å². The predicted octanol–water partition coefficient (Wildman–Crippen LogP) is 4.14. The molecule has 8 nitrogen and oxygen atoms in total. The number of nitrogens with two attached hydrogens (primary N) is 1. The largest absolute Gasteiger partial charge is 0.490 e. The molecule has 1 unspecified atom stereocenters. The van der Waals surface area contributed by atoms with Crippen LogP contribution in [0.1, 0.15) is 11.1 Å². The number of hydrogen-bond donors (Lipinski definition) is 1. The highest BCUT2D eigenvalue weighted by Gasteiger charge is 2.28. The Labute approximate surface area is 206 Å². The van der Waals surface area contributed by atoms with Gasteiger partial charge in [0.1, 0.15) is 47.5 Å². The van der Waals surface area contributed by atoms with Crippen LogP contribution in [0.15, 0.2) is 66.2 Å². The maximum absolute atomic E-state index is 12.8. The Kier molecular flexibility index (Phi) is 7.20. The molecule has 0 saturated heterocycles. The third-order valence-corrected chi connectivity index (χ3v) is 6.14. The lowest BCUT2D eigenvalue weighted by molar-refractivity contribution is -0.125. The highest BCUT2D eigenvalue weighted by atomic mass is 32.2. The van der Waals surface area contributed by atoms with Crippen molar-refractivity contribution >= 4 is 23.4 Å². The lowest BCUT2D eigenvalue weighted by Crippen LogP contribution is -2.37. The van der Waals surface area contributed by atoms with Gasteiger partial charge in [0, 0.05) is 5.56 Å². The van der Waals surface area contributed by atoms with Crippen LogP contribution in [-0.4, -0.2) is 35.8 Å². The monoisotopic (exact) mass is 484 g/mol. The number of anilines is 1. The van der Waals surface area contributed by atoms with Crippen LogP contribution in [0.4, 0.5) is 5.82 Å². The van der Waals surface area contributed by atoms with E-state index in [-0.39, 0.29) is 40.1 Å². The summed E-state index contributed by atoms with van der Waals surface area (Å²) >= 11 is 1.07. The molecule has 0 spiro atoms. The number of carbonyl (C=O) groups is 1. The number of carbonyl (C=O) groups excluding carboxylic acids is 1. The van der Waals surface area contributed by atoms with E-state index in [0.717, 1.165) is 11.8 Å². The quantitative estimate of drug-likeness (QED) is 0.370. The fourth-order valence-electron chi connectivity index (χ4n) is 3.47. The number of hydrogen-bond acceptors (Lipinski definition) is 9. The van der Waals surface area contributed by atoms with Crippen LogP contribution in [0, 0.1) is 22.7 Å². The van der Waals surface area contributed by atoms with Gasteiger partial charge in [0.05, 0.1) is 11.3 Å². The van der Waals surface area contributed by atoms with Crippen LogP contribution in [0.5, 0.6) is 17.2 Å². The SMILES string of the molecule is C=CCOc1ccc(-c2c(C#N)c(N)nc(SCC(=O)C3COc4ccccc4O3)c2C#N)cc1. The second-order valence-corrected chi connectivity index (χ2v) is 8.36. The normalized spacial score (nSPS) is 13.8. The maximum atomic E-state index is 12.8. The van der Waals surface area contributed by atoms with Gasteiger partial charge in [-0.2, -0.15) is 10.5 Å². The van der Waals surface area contributed by atoms with Crippen molar-refractivity contribution in [3.05, 3.63) is 72.3 Å². The van der Waals surface area contributed by atoms with E-state index in [2.05, 4.69) is 17.6 Å². The highest BCUT2D eigenvalue weighted by molar-refractivity contribution is 8.00. The summed E-state index contributed by atoms with van der Waals surface area (Å²) < 4.78 is 16.9. The number of nitriles is 2. The molecule has 2 aromatic carbocycles. The first kappa shape index (κ1) is 23.7. The average molecular weight is 485 g/mol. The molecule has 9 heteroatoms. The van der Waals surface area contributed by atoms with Gasteiger partial charge in [-0.3, -0.25) is 4.79 Å². The van der Waals surface area contributed by atoms with Gasteiger partial charge in [-0.15, -0.1) is 0 Å². The van der Waals surface area contributed by atoms with E-state index in [9.17, 15) is 15.3 Å². The van der Waals surface area contributed by atoms with E-state index in [1.54, 1.807) is 48.5 Å². The second kappa shape index (κ2) is 10.6. The molecule has 0 bridgehead atoms. The molecule has 0 amide bonds. The Morgan fingerprint density at radius 1 is 1.17 bits per heavy atom. The fourth-order valence-corrected chi connectivity index (χ4v) is 4.39. The van der Waals surface area contributed by atoms with Gasteiger partial charge in [0.15, 0.2) is 23.4 Å². The molecule has 35 heavy (non-hydrogen) atoms. The first-order valence-corrected chi connectivity index (χ1v) is 11.6. The van der Waals surface area contributed by atoms with Gasteiger partial charge < -0.3 is 19.9 Å². The Morgan fingerprint density at radius 2 is 1.89 bits per heavy atom. The first-order valence-electron chi connectivity index (χ1n) is 10.6. The van der Waals surface area contributed by atoms with Gasteiger partial charge >= 0.3 is 0 Å². The molecule has 2 heterocycles. The molecule has 2 N–H and O–H groups in total. The summed E-state index contributed by atoms with van der Waals surface area (Å²) in [6.45, 7) is 4.06. The maximum Gasteiger partial charge on any atom is 0.191 e. The van der Waals surface area contributed by atoms with E-state index < -0.39 is 6.10 Å². The number of rotatable bonds is 8. The molecular formula is C26H20N4O4S. The van der Waals surface area contributed by atoms with Crippen molar-refractivity contribution in [3.63, 3.8) is 0 Å². The van der Waals surface area contributed by atoms with Crippen molar-refractivity contribution in [2.45, 2.75) is 11.1 Å². The third-order valence-electron chi connectivity index (χ3n) is 5.15. The molecule has 0 aliphatic carbocycles. The molecule has 4 rings (SSSR count). The van der Waals surface area contributed by atoms with Gasteiger partial charge in [0.2, 0.25) is 0 Å². The van der Waals surface area contributed by atoms with Crippen LogP contribution in [0.2, 0.25) is 0 Å². The summed E-state index contributed by atoms with van der Waals surface area (Å²) in [5, 5.41) is 19.9. The summed E-state index contributed by atoms with van der Waals surface area (Å²) in [5.41, 5.74) is 7.29. The molecule has 1 aliphatic rings. The van der Waals surface area contributed by atoms with Gasteiger partial charge in [-0.05, 0) is 29.8 Å². The molecule has 0 radical (unpaired) electrons. The minimum atomic E-state index is -0.777. The zero-order valence-electron chi connectivity index (χ0n) is 18.6. The van der Waals surface area contributed by atoms with E-state index in [1.807, 2.05) is 12.1 Å². The van der Waals surface area contributed by atoms with Crippen LogP contribution in [0.3, 0.4) is 0 Å². The number of pyridine rings is 1.